The molecule has 0 spiro atoms. The maximum absolute atomic E-state index is 12.3. The number of ether oxygens (including phenoxy) is 2. The van der Waals surface area contributed by atoms with E-state index < -0.39 is 14.3 Å². The number of nitrogens with one attached hydrogen (secondary N) is 1. The number of rotatable bonds is 14. The minimum absolute atomic E-state index is 0.0593. The number of furan rings is 1. The van der Waals surface area contributed by atoms with Crippen molar-refractivity contribution in [3.8, 4) is 23.0 Å². The molecule has 9 nitrogen and oxygen atoms in total. The molecule has 2 N–H and O–H groups in total. The fourth-order valence-corrected chi connectivity index (χ4v) is 12.9. The molecule has 0 radical (unpaired) electrons. The van der Waals surface area contributed by atoms with E-state index in [1.807, 2.05) is 24.3 Å². The van der Waals surface area contributed by atoms with Crippen LogP contribution in [0.1, 0.15) is 56.0 Å². The molecular formula is C45H48N2O7Si. The number of benzene rings is 4. The van der Waals surface area contributed by atoms with Crippen LogP contribution >= 0.6 is 0 Å². The average Bonchev–Trinajstić information content (AvgIpc) is 3.61. The molecule has 1 unspecified atom stereocenters. The molecule has 3 heterocycles. The van der Waals surface area contributed by atoms with Crippen LogP contribution in [0.3, 0.4) is 0 Å². The summed E-state index contributed by atoms with van der Waals surface area (Å²) in [5.41, 5.74) is 3.32. The number of carboxylic acids is 1. The quantitative estimate of drug-likeness (QED) is 0.109. The van der Waals surface area contributed by atoms with E-state index in [0.29, 0.717) is 55.6 Å². The number of hydrogen-bond acceptors (Lipinski definition) is 6. The zero-order valence-electron chi connectivity index (χ0n) is 31.9. The third kappa shape index (κ3) is 6.93. The predicted molar refractivity (Wildman–Crippen MR) is 217 cm³/mol. The molecule has 55 heavy (non-hydrogen) atoms. The number of aromatic carboxylic acids is 1. The first-order valence-electron chi connectivity index (χ1n) is 19.2. The summed E-state index contributed by atoms with van der Waals surface area (Å²) in [5.74, 6) is 1.51. The Kier molecular flexibility index (Phi) is 9.81. The van der Waals surface area contributed by atoms with Crippen LogP contribution in [-0.4, -0.2) is 56.7 Å². The maximum atomic E-state index is 12.3. The minimum atomic E-state index is -2.86. The van der Waals surface area contributed by atoms with Crippen LogP contribution in [0, 0.1) is 11.8 Å². The maximum Gasteiger partial charge on any atom is 0.335 e. The molecule has 1 saturated heterocycles. The average molecular weight is 757 g/mol. The van der Waals surface area contributed by atoms with Crippen molar-refractivity contribution < 1.29 is 33.0 Å². The highest BCUT2D eigenvalue weighted by Gasteiger charge is 2.50. The van der Waals surface area contributed by atoms with Gasteiger partial charge in [0.2, 0.25) is 5.91 Å². The van der Waals surface area contributed by atoms with Gasteiger partial charge in [-0.15, -0.1) is 0 Å². The molecule has 10 heteroatoms. The number of carbonyl (C=O) groups excluding carboxylic acids is 1. The molecule has 2 aliphatic rings. The van der Waals surface area contributed by atoms with Gasteiger partial charge in [-0.2, -0.15) is 0 Å². The highest BCUT2D eigenvalue weighted by Crippen LogP contribution is 2.45. The molecule has 0 bridgehead atoms. The van der Waals surface area contributed by atoms with Gasteiger partial charge in [0.15, 0.2) is 5.76 Å². The fourth-order valence-electron chi connectivity index (χ4n) is 8.38. The monoisotopic (exact) mass is 756 g/mol. The Hall–Kier alpha value is -5.32. The lowest BCUT2D eigenvalue weighted by molar-refractivity contribution is -0.119. The zero-order valence-corrected chi connectivity index (χ0v) is 32.9. The highest BCUT2D eigenvalue weighted by atomic mass is 28.4. The number of amides is 1. The number of hydrogen-bond donors (Lipinski definition) is 2. The van der Waals surface area contributed by atoms with Gasteiger partial charge in [-0.3, -0.25) is 4.79 Å². The van der Waals surface area contributed by atoms with Crippen LogP contribution in [-0.2, 0) is 22.2 Å². The normalized spacial score (nSPS) is 16.1. The topological polar surface area (TPSA) is 112 Å². The molecule has 1 aliphatic carbocycles. The lowest BCUT2D eigenvalue weighted by atomic mass is 10.0. The first kappa shape index (κ1) is 36.6. The summed E-state index contributed by atoms with van der Waals surface area (Å²) >= 11 is 0. The molecule has 1 amide bonds. The second-order valence-electron chi connectivity index (χ2n) is 16.0. The van der Waals surface area contributed by atoms with Gasteiger partial charge in [-0.05, 0) is 64.9 Å². The van der Waals surface area contributed by atoms with Crippen molar-refractivity contribution >= 4 is 52.4 Å². The van der Waals surface area contributed by atoms with E-state index in [1.54, 1.807) is 19.2 Å². The molecule has 2 aromatic heterocycles. The van der Waals surface area contributed by atoms with Crippen LogP contribution < -0.4 is 25.2 Å². The Morgan fingerprint density at radius 1 is 0.927 bits per heavy atom. The van der Waals surface area contributed by atoms with Crippen molar-refractivity contribution in [2.45, 2.75) is 58.0 Å². The van der Waals surface area contributed by atoms with Gasteiger partial charge in [-0.1, -0.05) is 93.6 Å². The van der Waals surface area contributed by atoms with Crippen LogP contribution in [0.15, 0.2) is 101 Å². The van der Waals surface area contributed by atoms with Crippen molar-refractivity contribution in [3.63, 3.8) is 0 Å². The lowest BCUT2D eigenvalue weighted by Crippen LogP contribution is -2.66. The summed E-state index contributed by atoms with van der Waals surface area (Å²) in [4.78, 5) is 24.2. The molecule has 284 valence electrons. The van der Waals surface area contributed by atoms with E-state index in [1.165, 1.54) is 10.4 Å². The van der Waals surface area contributed by atoms with E-state index in [4.69, 9.17) is 18.3 Å². The summed E-state index contributed by atoms with van der Waals surface area (Å²) in [7, 11) is -1.30. The summed E-state index contributed by atoms with van der Waals surface area (Å²) in [6.07, 6.45) is 3.25. The van der Waals surface area contributed by atoms with E-state index in [-0.39, 0.29) is 22.4 Å². The Balaban J connectivity index is 1.26. The third-order valence-electron chi connectivity index (χ3n) is 11.2. The zero-order chi connectivity index (χ0) is 38.3. The van der Waals surface area contributed by atoms with Gasteiger partial charge < -0.3 is 33.3 Å². The standard InChI is InChI=1S/C45H48N2O7Si/c1-45(2,3)55(33-13-7-5-8-14-33,34-15-9-6-10-16-34)53-21-20-35-41-38(51-4)24-32(44(49)50)25-39(41)54-43(35)36-23-31-12-11-17-37(42(31)47(36)27-29-18-19-29)52-28-30-22-40(48)46-26-30/h5-17,23-25,29-30H,18-22,26-28H2,1-4H3,(H,46,48)(H,49,50). The summed E-state index contributed by atoms with van der Waals surface area (Å²) in [5, 5.41) is 16.9. The van der Waals surface area contributed by atoms with Gasteiger partial charge in [0.1, 0.15) is 17.1 Å². The smallest absolute Gasteiger partial charge is 0.335 e. The SMILES string of the molecule is COc1cc(C(=O)O)cc2oc(-c3cc4cccc(OCC5CNC(=O)C5)c4n3CC3CC3)c(CCO[Si](c3ccccc3)(c3ccccc3)C(C)(C)C)c12. The highest BCUT2D eigenvalue weighted by molar-refractivity contribution is 6.99. The largest absolute Gasteiger partial charge is 0.496 e. The van der Waals surface area contributed by atoms with Crippen molar-refractivity contribution in [3.05, 3.63) is 108 Å². The van der Waals surface area contributed by atoms with Gasteiger partial charge in [0.05, 0.1) is 35.9 Å². The van der Waals surface area contributed by atoms with Crippen molar-refractivity contribution in [2.24, 2.45) is 11.8 Å². The van der Waals surface area contributed by atoms with Gasteiger partial charge in [-0.25, -0.2) is 4.79 Å². The third-order valence-corrected chi connectivity index (χ3v) is 16.2. The molecule has 1 saturated carbocycles. The number of aromatic nitrogens is 1. The van der Waals surface area contributed by atoms with Crippen LogP contribution in [0.25, 0.3) is 33.3 Å². The minimum Gasteiger partial charge on any atom is -0.496 e. The van der Waals surface area contributed by atoms with Crippen molar-refractivity contribution in [1.82, 2.24) is 9.88 Å². The van der Waals surface area contributed by atoms with Crippen LogP contribution in [0.5, 0.6) is 11.5 Å². The summed E-state index contributed by atoms with van der Waals surface area (Å²) in [6, 6.07) is 32.6. The second kappa shape index (κ2) is 14.7. The van der Waals surface area contributed by atoms with Gasteiger partial charge >= 0.3 is 5.97 Å². The first-order valence-corrected chi connectivity index (χ1v) is 21.1. The number of para-hydroxylation sites is 1. The van der Waals surface area contributed by atoms with E-state index in [9.17, 15) is 14.7 Å². The Bertz CT molecular complexity index is 2320. The van der Waals surface area contributed by atoms with E-state index in [0.717, 1.165) is 52.7 Å². The van der Waals surface area contributed by atoms with Crippen LogP contribution in [0.4, 0.5) is 0 Å². The molecular weight excluding hydrogens is 709 g/mol. The molecule has 1 aliphatic heterocycles. The first-order chi connectivity index (χ1) is 26.6. The van der Waals surface area contributed by atoms with Gasteiger partial charge in [0, 0.05) is 43.0 Å². The van der Waals surface area contributed by atoms with Crippen LogP contribution in [0.2, 0.25) is 5.04 Å². The number of fused-ring (bicyclic) bond motifs is 2. The molecule has 4 aromatic carbocycles. The van der Waals surface area contributed by atoms with Crippen molar-refractivity contribution in [2.75, 3.05) is 26.9 Å². The molecule has 1 atom stereocenters. The molecule has 8 rings (SSSR count). The summed E-state index contributed by atoms with van der Waals surface area (Å²) in [6.45, 7) is 9.04. The Morgan fingerprint density at radius 2 is 1.64 bits per heavy atom. The van der Waals surface area contributed by atoms with E-state index >= 15 is 0 Å². The molecule has 2 fully saturated rings. The number of carboxylic acid groups (broad SMARTS) is 1. The number of methoxy groups -OCH3 is 1. The van der Waals surface area contributed by atoms with Crippen molar-refractivity contribution in [1.29, 1.82) is 0 Å². The number of carbonyl (C=O) groups is 2. The Labute approximate surface area is 322 Å². The second-order valence-corrected chi connectivity index (χ2v) is 20.3. The molecule has 6 aromatic rings. The van der Waals surface area contributed by atoms with E-state index in [2.05, 4.69) is 91.3 Å². The number of nitrogens with zero attached hydrogens (tertiary/aromatic N) is 1. The fraction of sp³-hybridized carbons (Fsp3) is 0.333. The summed E-state index contributed by atoms with van der Waals surface area (Å²) < 4.78 is 28.9. The lowest BCUT2D eigenvalue weighted by Gasteiger charge is -2.43. The Morgan fingerprint density at radius 3 is 2.24 bits per heavy atom. The predicted octanol–water partition coefficient (Wildman–Crippen LogP) is 7.81. The van der Waals surface area contributed by atoms with Gasteiger partial charge in [0.25, 0.3) is 8.32 Å².